The van der Waals surface area contributed by atoms with E-state index in [0.29, 0.717) is 17.5 Å². The van der Waals surface area contributed by atoms with Gasteiger partial charge < -0.3 is 9.30 Å². The van der Waals surface area contributed by atoms with E-state index in [9.17, 15) is 0 Å². The molecule has 0 saturated carbocycles. The normalized spacial score (nSPS) is 11.9. The highest BCUT2D eigenvalue weighted by molar-refractivity contribution is 6.14. The second-order valence-corrected chi connectivity index (χ2v) is 14.8. The molecule has 0 aliphatic carbocycles. The summed E-state index contributed by atoms with van der Waals surface area (Å²) in [5.74, 6) is 3.54. The molecule has 5 nitrogen and oxygen atoms in total. The van der Waals surface area contributed by atoms with Crippen molar-refractivity contribution < 1.29 is 4.74 Å². The van der Waals surface area contributed by atoms with Gasteiger partial charge in [-0.25, -0.2) is 15.0 Å². The van der Waals surface area contributed by atoms with Crippen LogP contribution >= 0.6 is 0 Å². The number of fused-ring (bicyclic) bond motifs is 6. The predicted molar refractivity (Wildman–Crippen MR) is 236 cm³/mol. The number of rotatable bonds is 5. The van der Waals surface area contributed by atoms with Crippen LogP contribution in [0.1, 0.15) is 0 Å². The molecule has 9 aromatic carbocycles. The number of hydrogen-bond acceptors (Lipinski definition) is 4. The molecule has 1 aliphatic rings. The van der Waals surface area contributed by atoms with Crippen molar-refractivity contribution in [2.75, 3.05) is 0 Å². The minimum atomic E-state index is 0.618. The highest BCUT2D eigenvalue weighted by Gasteiger charge is 2.24. The molecule has 0 unspecified atom stereocenters. The maximum absolute atomic E-state index is 6.64. The van der Waals surface area contributed by atoms with Gasteiger partial charge in [-0.3, -0.25) is 0 Å². The van der Waals surface area contributed by atoms with E-state index in [4.69, 9.17) is 19.7 Å². The highest BCUT2D eigenvalue weighted by Crippen LogP contribution is 2.49. The molecule has 0 bridgehead atoms. The summed E-state index contributed by atoms with van der Waals surface area (Å²) in [6.07, 6.45) is 0. The Hall–Kier alpha value is -7.89. The van der Waals surface area contributed by atoms with Crippen LogP contribution < -0.4 is 4.74 Å². The second kappa shape index (κ2) is 12.8. The Bertz CT molecular complexity index is 3350. The summed E-state index contributed by atoms with van der Waals surface area (Å²) < 4.78 is 9.03. The van der Waals surface area contributed by atoms with Crippen molar-refractivity contribution in [1.82, 2.24) is 19.5 Å². The maximum atomic E-state index is 6.64. The van der Waals surface area contributed by atoms with Crippen LogP contribution in [0.25, 0.3) is 105 Å². The van der Waals surface area contributed by atoms with Gasteiger partial charge in [-0.15, -0.1) is 0 Å². The number of benzene rings is 9. The molecule has 2 aromatic heterocycles. The minimum absolute atomic E-state index is 0.618. The first-order valence-corrected chi connectivity index (χ1v) is 19.5. The van der Waals surface area contributed by atoms with Gasteiger partial charge in [0.1, 0.15) is 11.5 Å². The van der Waals surface area contributed by atoms with Crippen LogP contribution in [0.5, 0.6) is 11.5 Å². The molecule has 0 atom stereocenters. The SMILES string of the molecule is c1ccc(-c2nc(-c3ccccc3)nc(-c3ccc4c5c(cccc35)-c3cc(-c5ccc(-n6c7ccccc7c7cc8ccccc8cc76)cc5)ccc3O4)n2)cc1. The predicted octanol–water partition coefficient (Wildman–Crippen LogP) is 13.7. The molecule has 3 heterocycles. The number of hydrogen-bond donors (Lipinski definition) is 0. The number of para-hydroxylation sites is 1. The standard InChI is InChI=1S/C53H32N4O/c1-3-12-34(13-4-1)51-54-52(35-14-5-2-6-15-35)56-53(55-51)43-27-29-49-50-41(43)19-11-20-42(50)45-31-38(24-28-48(45)58-49)33-22-25-39(26-23-33)57-46-21-10-9-18-40(46)44-30-36-16-7-8-17-37(36)32-47(44)57/h1-32H. The Labute approximate surface area is 334 Å². The van der Waals surface area contributed by atoms with E-state index in [1.165, 1.54) is 32.6 Å². The quantitative estimate of drug-likeness (QED) is 0.176. The molecule has 5 heteroatoms. The summed E-state index contributed by atoms with van der Waals surface area (Å²) in [5.41, 5.74) is 10.8. The number of nitrogens with zero attached hydrogens (tertiary/aromatic N) is 4. The van der Waals surface area contributed by atoms with Crippen LogP contribution in [0.15, 0.2) is 194 Å². The molecule has 0 radical (unpaired) electrons. The average Bonchev–Trinajstić information content (AvgIpc) is 3.61. The third kappa shape index (κ3) is 5.14. The Morgan fingerprint density at radius 2 is 0.966 bits per heavy atom. The second-order valence-electron chi connectivity index (χ2n) is 14.8. The summed E-state index contributed by atoms with van der Waals surface area (Å²) in [4.78, 5) is 15.0. The van der Waals surface area contributed by atoms with Crippen molar-refractivity contribution in [3.8, 4) is 73.6 Å². The molecule has 0 spiro atoms. The maximum Gasteiger partial charge on any atom is 0.164 e. The van der Waals surface area contributed by atoms with E-state index in [2.05, 4.69) is 132 Å². The third-order valence-electron chi connectivity index (χ3n) is 11.4. The molecule has 11 aromatic rings. The van der Waals surface area contributed by atoms with Crippen LogP contribution in [0, 0.1) is 0 Å². The van der Waals surface area contributed by atoms with Gasteiger partial charge in [-0.2, -0.15) is 0 Å². The fourth-order valence-electron chi connectivity index (χ4n) is 8.67. The summed E-state index contributed by atoms with van der Waals surface area (Å²) in [7, 11) is 0. The van der Waals surface area contributed by atoms with Gasteiger partial charge in [0.15, 0.2) is 17.5 Å². The van der Waals surface area contributed by atoms with Crippen LogP contribution in [-0.2, 0) is 0 Å². The van der Waals surface area contributed by atoms with Crippen molar-refractivity contribution in [1.29, 1.82) is 0 Å². The zero-order valence-corrected chi connectivity index (χ0v) is 31.2. The zero-order chi connectivity index (χ0) is 38.2. The van der Waals surface area contributed by atoms with E-state index >= 15 is 0 Å². The Morgan fingerprint density at radius 3 is 1.72 bits per heavy atom. The van der Waals surface area contributed by atoms with Gasteiger partial charge in [-0.1, -0.05) is 140 Å². The lowest BCUT2D eigenvalue weighted by Gasteiger charge is -2.23. The van der Waals surface area contributed by atoms with Crippen LogP contribution in [-0.4, -0.2) is 19.5 Å². The fourth-order valence-corrected chi connectivity index (χ4v) is 8.67. The monoisotopic (exact) mass is 740 g/mol. The zero-order valence-electron chi connectivity index (χ0n) is 31.2. The highest BCUT2D eigenvalue weighted by atomic mass is 16.5. The van der Waals surface area contributed by atoms with Gasteiger partial charge in [-0.05, 0) is 87.4 Å². The average molecular weight is 741 g/mol. The topological polar surface area (TPSA) is 52.8 Å². The van der Waals surface area contributed by atoms with Crippen molar-refractivity contribution in [3.63, 3.8) is 0 Å². The molecule has 0 fully saturated rings. The van der Waals surface area contributed by atoms with E-state index in [1.54, 1.807) is 0 Å². The number of ether oxygens (including phenoxy) is 1. The largest absolute Gasteiger partial charge is 0.456 e. The fraction of sp³-hybridized carbons (Fsp3) is 0. The lowest BCUT2D eigenvalue weighted by Crippen LogP contribution is -2.02. The first-order chi connectivity index (χ1) is 28.7. The van der Waals surface area contributed by atoms with E-state index in [1.807, 2.05) is 66.7 Å². The van der Waals surface area contributed by atoms with Gasteiger partial charge >= 0.3 is 0 Å². The van der Waals surface area contributed by atoms with Gasteiger partial charge in [0.25, 0.3) is 0 Å². The molecule has 58 heavy (non-hydrogen) atoms. The van der Waals surface area contributed by atoms with Crippen molar-refractivity contribution in [2.45, 2.75) is 0 Å². The lowest BCUT2D eigenvalue weighted by molar-refractivity contribution is 0.487. The molecular weight excluding hydrogens is 709 g/mol. The summed E-state index contributed by atoms with van der Waals surface area (Å²) >= 11 is 0. The summed E-state index contributed by atoms with van der Waals surface area (Å²) in [5, 5.41) is 7.07. The van der Waals surface area contributed by atoms with Gasteiger partial charge in [0.05, 0.1) is 11.0 Å². The van der Waals surface area contributed by atoms with Gasteiger partial charge in [0, 0.05) is 44.1 Å². The summed E-state index contributed by atoms with van der Waals surface area (Å²) in [6, 6.07) is 68.1. The lowest BCUT2D eigenvalue weighted by atomic mass is 9.90. The van der Waals surface area contributed by atoms with E-state index in [0.717, 1.165) is 66.9 Å². The van der Waals surface area contributed by atoms with E-state index < -0.39 is 0 Å². The summed E-state index contributed by atoms with van der Waals surface area (Å²) in [6.45, 7) is 0. The first-order valence-electron chi connectivity index (χ1n) is 19.5. The van der Waals surface area contributed by atoms with Crippen LogP contribution in [0.4, 0.5) is 0 Å². The van der Waals surface area contributed by atoms with Gasteiger partial charge in [0.2, 0.25) is 0 Å². The van der Waals surface area contributed by atoms with Crippen molar-refractivity contribution >= 4 is 43.4 Å². The van der Waals surface area contributed by atoms with Crippen molar-refractivity contribution in [2.24, 2.45) is 0 Å². The Kier molecular flexibility index (Phi) is 7.16. The molecule has 12 rings (SSSR count). The molecular formula is C53H32N4O. The number of aromatic nitrogens is 4. The molecule has 0 N–H and O–H groups in total. The molecule has 270 valence electrons. The first kappa shape index (κ1) is 32.4. The minimum Gasteiger partial charge on any atom is -0.456 e. The molecule has 1 aliphatic heterocycles. The molecule has 0 amide bonds. The van der Waals surface area contributed by atoms with Crippen LogP contribution in [0.3, 0.4) is 0 Å². The molecule has 0 saturated heterocycles. The Balaban J connectivity index is 0.957. The Morgan fingerprint density at radius 1 is 0.345 bits per heavy atom. The van der Waals surface area contributed by atoms with Crippen LogP contribution in [0.2, 0.25) is 0 Å². The third-order valence-corrected chi connectivity index (χ3v) is 11.4. The van der Waals surface area contributed by atoms with Crippen molar-refractivity contribution in [3.05, 3.63) is 194 Å². The smallest absolute Gasteiger partial charge is 0.164 e. The van der Waals surface area contributed by atoms with E-state index in [-0.39, 0.29) is 0 Å².